The maximum Gasteiger partial charge on any atom is 0.130 e. The average Bonchev–Trinajstić information content (AvgIpc) is 2.09. The van der Waals surface area contributed by atoms with Gasteiger partial charge in [0.2, 0.25) is 0 Å². The monoisotopic (exact) mass is 225 g/mol. The Morgan fingerprint density at radius 3 is 2.25 bits per heavy atom. The summed E-state index contributed by atoms with van der Waals surface area (Å²) in [5.41, 5.74) is 1.18. The Morgan fingerprint density at radius 1 is 1.31 bits per heavy atom. The predicted octanol–water partition coefficient (Wildman–Crippen LogP) is 4.03. The summed E-state index contributed by atoms with van der Waals surface area (Å²) in [6.07, 6.45) is 3.99. The number of unbranched alkanes of at least 4 members (excludes halogenated alkanes) is 1. The summed E-state index contributed by atoms with van der Waals surface area (Å²) in [7, 11) is 0. The molecule has 0 bridgehead atoms. The Morgan fingerprint density at radius 2 is 1.88 bits per heavy atom. The molecule has 94 valence electrons. The molecule has 0 aromatic carbocycles. The number of Topliss-reactive ketones (excluding diaryl/α,β-unsaturated/α-hetero) is 1. The van der Waals surface area contributed by atoms with Gasteiger partial charge in [-0.15, -0.1) is 0 Å². The molecule has 1 atom stereocenters. The second kappa shape index (κ2) is 6.82. The van der Waals surface area contributed by atoms with Crippen molar-refractivity contribution in [2.75, 3.05) is 0 Å². The first-order chi connectivity index (χ1) is 7.26. The minimum Gasteiger partial charge on any atom is -0.300 e. The highest BCUT2D eigenvalue weighted by molar-refractivity contribution is 5.90. The second-order valence-electron chi connectivity index (χ2n) is 5.68. The quantitative estimate of drug-likeness (QED) is 0.627. The summed E-state index contributed by atoms with van der Waals surface area (Å²) in [5, 5.41) is 0. The minimum absolute atomic E-state index is 0.0336. The first kappa shape index (κ1) is 15.3. The molecule has 0 aromatic rings. The normalized spacial score (nSPS) is 15.0. The van der Waals surface area contributed by atoms with Gasteiger partial charge in [-0.2, -0.15) is 0 Å². The van der Waals surface area contributed by atoms with Crippen LogP contribution in [0.25, 0.3) is 0 Å². The van der Waals surface area contributed by atoms with Crippen LogP contribution in [-0.2, 0) is 4.79 Å². The van der Waals surface area contributed by atoms with Crippen LogP contribution in [0.15, 0.2) is 4.99 Å². The Bertz CT molecular complexity index is 248. The van der Waals surface area contributed by atoms with Crippen LogP contribution in [0, 0.1) is 5.92 Å². The van der Waals surface area contributed by atoms with Crippen molar-refractivity contribution in [2.45, 2.75) is 72.8 Å². The molecule has 2 heteroatoms. The Balaban J connectivity index is 4.65. The highest BCUT2D eigenvalue weighted by Gasteiger charge is 2.16. The molecule has 16 heavy (non-hydrogen) atoms. The molecule has 0 fully saturated rings. The topological polar surface area (TPSA) is 29.4 Å². The van der Waals surface area contributed by atoms with Crippen molar-refractivity contribution in [2.24, 2.45) is 10.9 Å². The third-order valence-electron chi connectivity index (χ3n) is 2.43. The molecule has 0 aliphatic rings. The van der Waals surface area contributed by atoms with Crippen molar-refractivity contribution >= 4 is 11.5 Å². The summed E-state index contributed by atoms with van der Waals surface area (Å²) >= 11 is 0. The number of aliphatic imine (C=N–C) groups is 1. The molecule has 0 N–H and O–H groups in total. The van der Waals surface area contributed by atoms with Crippen LogP contribution >= 0.6 is 0 Å². The van der Waals surface area contributed by atoms with Gasteiger partial charge in [0.1, 0.15) is 5.78 Å². The van der Waals surface area contributed by atoms with Gasteiger partial charge in [-0.3, -0.25) is 4.99 Å². The molecule has 0 rings (SSSR count). The predicted molar refractivity (Wildman–Crippen MR) is 71.2 cm³/mol. The van der Waals surface area contributed by atoms with Gasteiger partial charge < -0.3 is 4.79 Å². The smallest absolute Gasteiger partial charge is 0.130 e. The Labute approximate surface area is 101 Å². The number of rotatable bonds is 6. The standard InChI is InChI=1S/C14H27NO/c1-7-8-9-13(15-14(4,5)6)11(2)10-12(3)16/h11H,7-10H2,1-6H3. The van der Waals surface area contributed by atoms with E-state index in [9.17, 15) is 4.79 Å². The minimum atomic E-state index is -0.0336. The van der Waals surface area contributed by atoms with E-state index in [0.717, 1.165) is 12.8 Å². The van der Waals surface area contributed by atoms with Crippen LogP contribution in [0.4, 0.5) is 0 Å². The van der Waals surface area contributed by atoms with Crippen molar-refractivity contribution in [3.8, 4) is 0 Å². The van der Waals surface area contributed by atoms with E-state index in [0.29, 0.717) is 12.3 Å². The molecule has 0 aliphatic heterocycles. The summed E-state index contributed by atoms with van der Waals surface area (Å²) in [5.74, 6) is 0.550. The average molecular weight is 225 g/mol. The molecule has 0 spiro atoms. The zero-order valence-electron chi connectivity index (χ0n) is 11.8. The van der Waals surface area contributed by atoms with Gasteiger partial charge in [0.25, 0.3) is 0 Å². The molecule has 0 radical (unpaired) electrons. The van der Waals surface area contributed by atoms with E-state index in [1.165, 1.54) is 12.1 Å². The largest absolute Gasteiger partial charge is 0.300 e. The lowest BCUT2D eigenvalue weighted by Crippen LogP contribution is -2.20. The Hall–Kier alpha value is -0.660. The van der Waals surface area contributed by atoms with Crippen LogP contribution in [0.5, 0.6) is 0 Å². The van der Waals surface area contributed by atoms with Crippen LogP contribution < -0.4 is 0 Å². The van der Waals surface area contributed by atoms with Crippen molar-refractivity contribution in [1.29, 1.82) is 0 Å². The fourth-order valence-electron chi connectivity index (χ4n) is 1.75. The van der Waals surface area contributed by atoms with Crippen molar-refractivity contribution in [3.05, 3.63) is 0 Å². The van der Waals surface area contributed by atoms with Gasteiger partial charge in [-0.25, -0.2) is 0 Å². The van der Waals surface area contributed by atoms with Gasteiger partial charge in [-0.1, -0.05) is 20.3 Å². The Kier molecular flexibility index (Phi) is 6.54. The van der Waals surface area contributed by atoms with Crippen LogP contribution in [0.3, 0.4) is 0 Å². The first-order valence-electron chi connectivity index (χ1n) is 6.34. The second-order valence-corrected chi connectivity index (χ2v) is 5.68. The van der Waals surface area contributed by atoms with Crippen LogP contribution in [0.1, 0.15) is 67.2 Å². The fraction of sp³-hybridized carbons (Fsp3) is 0.857. The van der Waals surface area contributed by atoms with Gasteiger partial charge in [0.05, 0.1) is 5.54 Å². The SMILES string of the molecule is CCCCC(=NC(C)(C)C)C(C)CC(C)=O. The molecule has 0 aliphatic carbocycles. The van der Waals surface area contributed by atoms with Crippen LogP contribution in [-0.4, -0.2) is 17.0 Å². The first-order valence-corrected chi connectivity index (χ1v) is 6.34. The van der Waals surface area contributed by atoms with E-state index in [-0.39, 0.29) is 11.3 Å². The molecule has 0 heterocycles. The third-order valence-corrected chi connectivity index (χ3v) is 2.43. The van der Waals surface area contributed by atoms with Gasteiger partial charge in [0, 0.05) is 18.1 Å². The molecule has 2 nitrogen and oxygen atoms in total. The fourth-order valence-corrected chi connectivity index (χ4v) is 1.75. The number of nitrogens with zero attached hydrogens (tertiary/aromatic N) is 1. The number of hydrogen-bond donors (Lipinski definition) is 0. The maximum atomic E-state index is 11.1. The number of carbonyl (C=O) groups excluding carboxylic acids is 1. The van der Waals surface area contributed by atoms with E-state index in [1.54, 1.807) is 6.92 Å². The van der Waals surface area contributed by atoms with E-state index in [2.05, 4.69) is 34.6 Å². The molecule has 0 saturated heterocycles. The lowest BCUT2D eigenvalue weighted by atomic mass is 9.94. The summed E-state index contributed by atoms with van der Waals surface area (Å²) in [6, 6.07) is 0. The summed E-state index contributed by atoms with van der Waals surface area (Å²) in [6.45, 7) is 12.3. The van der Waals surface area contributed by atoms with Gasteiger partial charge in [-0.05, 0) is 40.5 Å². The highest BCUT2D eigenvalue weighted by Crippen LogP contribution is 2.17. The lowest BCUT2D eigenvalue weighted by molar-refractivity contribution is -0.117. The molecular weight excluding hydrogens is 198 g/mol. The van der Waals surface area contributed by atoms with E-state index < -0.39 is 0 Å². The van der Waals surface area contributed by atoms with Crippen molar-refractivity contribution in [3.63, 3.8) is 0 Å². The maximum absolute atomic E-state index is 11.1. The molecule has 0 amide bonds. The molecule has 0 saturated carbocycles. The number of ketones is 1. The summed E-state index contributed by atoms with van der Waals surface area (Å²) in [4.78, 5) is 15.9. The van der Waals surface area contributed by atoms with Crippen molar-refractivity contribution < 1.29 is 4.79 Å². The third kappa shape index (κ3) is 7.61. The van der Waals surface area contributed by atoms with E-state index in [4.69, 9.17) is 4.99 Å². The zero-order valence-corrected chi connectivity index (χ0v) is 11.8. The van der Waals surface area contributed by atoms with E-state index >= 15 is 0 Å². The number of carbonyl (C=O) groups is 1. The molecular formula is C14H27NO. The molecule has 1 unspecified atom stereocenters. The van der Waals surface area contributed by atoms with Crippen molar-refractivity contribution in [1.82, 2.24) is 0 Å². The van der Waals surface area contributed by atoms with Gasteiger partial charge >= 0.3 is 0 Å². The van der Waals surface area contributed by atoms with Crippen LogP contribution in [0.2, 0.25) is 0 Å². The molecule has 0 aromatic heterocycles. The highest BCUT2D eigenvalue weighted by atomic mass is 16.1. The van der Waals surface area contributed by atoms with Gasteiger partial charge in [0.15, 0.2) is 0 Å². The summed E-state index contributed by atoms with van der Waals surface area (Å²) < 4.78 is 0. The zero-order chi connectivity index (χ0) is 12.8. The van der Waals surface area contributed by atoms with E-state index in [1.807, 2.05) is 0 Å². The number of hydrogen-bond acceptors (Lipinski definition) is 2. The lowest BCUT2D eigenvalue weighted by Gasteiger charge is -2.20.